The Morgan fingerprint density at radius 3 is 2.50 bits per heavy atom. The summed E-state index contributed by atoms with van der Waals surface area (Å²) in [5, 5.41) is 19.1. The van der Waals surface area contributed by atoms with E-state index in [0.29, 0.717) is 13.0 Å². The molecule has 3 heteroatoms. The summed E-state index contributed by atoms with van der Waals surface area (Å²) in [5.74, 6) is 0. The van der Waals surface area contributed by atoms with E-state index in [-0.39, 0.29) is 6.61 Å². The van der Waals surface area contributed by atoms with Gasteiger partial charge in [0.15, 0.2) is 0 Å². The molecule has 0 spiro atoms. The molecular formula is C15H25NO2. The quantitative estimate of drug-likeness (QED) is 0.779. The van der Waals surface area contributed by atoms with Gasteiger partial charge in [-0.15, -0.1) is 0 Å². The Morgan fingerprint density at radius 1 is 1.22 bits per heavy atom. The number of likely N-dealkylation sites (N-methyl/N-ethyl adjacent to an activating group) is 1. The van der Waals surface area contributed by atoms with E-state index in [1.54, 1.807) is 0 Å². The van der Waals surface area contributed by atoms with Gasteiger partial charge in [-0.3, -0.25) is 0 Å². The monoisotopic (exact) mass is 251 g/mol. The van der Waals surface area contributed by atoms with Crippen LogP contribution in [0, 0.1) is 13.8 Å². The van der Waals surface area contributed by atoms with Crippen molar-refractivity contribution in [3.63, 3.8) is 0 Å². The van der Waals surface area contributed by atoms with Crippen LogP contribution in [-0.2, 0) is 0 Å². The molecule has 2 N–H and O–H groups in total. The molecule has 0 saturated heterocycles. The summed E-state index contributed by atoms with van der Waals surface area (Å²) in [6.45, 7) is 8.73. The summed E-state index contributed by atoms with van der Waals surface area (Å²) in [6, 6.07) is 6.15. The number of rotatable bonds is 7. The minimum Gasteiger partial charge on any atom is -0.395 e. The van der Waals surface area contributed by atoms with Gasteiger partial charge in [0.2, 0.25) is 0 Å². The second-order valence-corrected chi connectivity index (χ2v) is 4.82. The van der Waals surface area contributed by atoms with Gasteiger partial charge in [0.25, 0.3) is 0 Å². The smallest absolute Gasteiger partial charge is 0.0804 e. The average Bonchev–Trinajstić information content (AvgIpc) is 2.34. The van der Waals surface area contributed by atoms with Gasteiger partial charge in [-0.2, -0.15) is 0 Å². The summed E-state index contributed by atoms with van der Waals surface area (Å²) >= 11 is 0. The van der Waals surface area contributed by atoms with Crippen molar-refractivity contribution in [1.82, 2.24) is 4.90 Å². The van der Waals surface area contributed by atoms with E-state index in [4.69, 9.17) is 5.11 Å². The van der Waals surface area contributed by atoms with Gasteiger partial charge in [0.1, 0.15) is 0 Å². The highest BCUT2D eigenvalue weighted by Crippen LogP contribution is 2.21. The van der Waals surface area contributed by atoms with Crippen LogP contribution in [-0.4, -0.2) is 41.4 Å². The molecule has 0 saturated carbocycles. The first-order valence-electron chi connectivity index (χ1n) is 6.67. The van der Waals surface area contributed by atoms with Crippen molar-refractivity contribution >= 4 is 0 Å². The third kappa shape index (κ3) is 4.41. The molecule has 0 aliphatic heterocycles. The van der Waals surface area contributed by atoms with E-state index in [2.05, 4.69) is 24.8 Å². The van der Waals surface area contributed by atoms with Gasteiger partial charge in [-0.25, -0.2) is 0 Å². The van der Waals surface area contributed by atoms with Crippen LogP contribution in [0.25, 0.3) is 0 Å². The van der Waals surface area contributed by atoms with Gasteiger partial charge in [-0.1, -0.05) is 30.7 Å². The lowest BCUT2D eigenvalue weighted by Crippen LogP contribution is -2.28. The highest BCUT2D eigenvalue weighted by atomic mass is 16.3. The summed E-state index contributed by atoms with van der Waals surface area (Å²) in [4.78, 5) is 2.15. The molecule has 0 radical (unpaired) electrons. The number of hydrogen-bond donors (Lipinski definition) is 2. The Kier molecular flexibility index (Phi) is 6.33. The molecule has 1 aromatic rings. The fourth-order valence-electron chi connectivity index (χ4n) is 2.23. The molecule has 1 rings (SSSR count). The van der Waals surface area contributed by atoms with E-state index in [1.165, 1.54) is 5.56 Å². The van der Waals surface area contributed by atoms with Gasteiger partial charge in [0.05, 0.1) is 12.7 Å². The van der Waals surface area contributed by atoms with E-state index < -0.39 is 6.10 Å². The van der Waals surface area contributed by atoms with E-state index in [1.807, 2.05) is 19.1 Å². The number of aliphatic hydroxyl groups is 2. The predicted molar refractivity (Wildman–Crippen MR) is 74.7 cm³/mol. The molecule has 0 fully saturated rings. The Morgan fingerprint density at radius 2 is 1.94 bits per heavy atom. The molecule has 0 heterocycles. The summed E-state index contributed by atoms with van der Waals surface area (Å²) in [5.41, 5.74) is 3.38. The van der Waals surface area contributed by atoms with E-state index >= 15 is 0 Å². The molecule has 0 aromatic heterocycles. The second-order valence-electron chi connectivity index (χ2n) is 4.82. The lowest BCUT2D eigenvalue weighted by atomic mass is 9.99. The minimum absolute atomic E-state index is 0.174. The molecular weight excluding hydrogens is 226 g/mol. The fraction of sp³-hybridized carbons (Fsp3) is 0.600. The van der Waals surface area contributed by atoms with Crippen molar-refractivity contribution in [2.24, 2.45) is 0 Å². The summed E-state index contributed by atoms with van der Waals surface area (Å²) < 4.78 is 0. The van der Waals surface area contributed by atoms with Gasteiger partial charge < -0.3 is 15.1 Å². The SMILES string of the molecule is CCN(CCO)CCC(O)c1ccc(C)cc1C. The topological polar surface area (TPSA) is 43.7 Å². The van der Waals surface area contributed by atoms with Gasteiger partial charge in [0, 0.05) is 13.1 Å². The largest absolute Gasteiger partial charge is 0.395 e. The highest BCUT2D eigenvalue weighted by Gasteiger charge is 2.12. The number of nitrogens with zero attached hydrogens (tertiary/aromatic N) is 1. The van der Waals surface area contributed by atoms with Crippen molar-refractivity contribution in [2.75, 3.05) is 26.2 Å². The van der Waals surface area contributed by atoms with Crippen LogP contribution in [0.15, 0.2) is 18.2 Å². The van der Waals surface area contributed by atoms with Crippen LogP contribution < -0.4 is 0 Å². The maximum atomic E-state index is 10.2. The molecule has 102 valence electrons. The van der Waals surface area contributed by atoms with Crippen LogP contribution in [0.1, 0.15) is 36.1 Å². The summed E-state index contributed by atoms with van der Waals surface area (Å²) in [7, 11) is 0. The molecule has 1 aromatic carbocycles. The normalized spacial score (nSPS) is 13.0. The average molecular weight is 251 g/mol. The number of aryl methyl sites for hydroxylation is 2. The highest BCUT2D eigenvalue weighted by molar-refractivity contribution is 5.31. The third-order valence-corrected chi connectivity index (χ3v) is 3.37. The van der Waals surface area contributed by atoms with Gasteiger partial charge in [-0.05, 0) is 37.9 Å². The van der Waals surface area contributed by atoms with Crippen LogP contribution in [0.3, 0.4) is 0 Å². The number of hydrogen-bond acceptors (Lipinski definition) is 3. The molecule has 0 aliphatic rings. The first-order chi connectivity index (χ1) is 8.58. The summed E-state index contributed by atoms with van der Waals surface area (Å²) in [6.07, 6.45) is 0.288. The van der Waals surface area contributed by atoms with Crippen LogP contribution in [0.2, 0.25) is 0 Å². The molecule has 1 unspecified atom stereocenters. The Balaban J connectivity index is 2.56. The van der Waals surface area contributed by atoms with Crippen LogP contribution in [0.5, 0.6) is 0 Å². The molecule has 3 nitrogen and oxygen atoms in total. The van der Waals surface area contributed by atoms with Crippen LogP contribution >= 0.6 is 0 Å². The van der Waals surface area contributed by atoms with Crippen molar-refractivity contribution in [2.45, 2.75) is 33.3 Å². The molecule has 18 heavy (non-hydrogen) atoms. The maximum absolute atomic E-state index is 10.2. The molecule has 0 aliphatic carbocycles. The molecule has 0 amide bonds. The minimum atomic E-state index is -0.418. The second kappa shape index (κ2) is 7.52. The van der Waals surface area contributed by atoms with E-state index in [0.717, 1.165) is 24.2 Å². The Hall–Kier alpha value is -0.900. The first-order valence-corrected chi connectivity index (χ1v) is 6.67. The lowest BCUT2D eigenvalue weighted by Gasteiger charge is -2.21. The van der Waals surface area contributed by atoms with Crippen molar-refractivity contribution in [3.05, 3.63) is 34.9 Å². The number of aliphatic hydroxyl groups excluding tert-OH is 2. The Bertz CT molecular complexity index is 366. The zero-order valence-corrected chi connectivity index (χ0v) is 11.7. The first kappa shape index (κ1) is 15.2. The van der Waals surface area contributed by atoms with Crippen molar-refractivity contribution < 1.29 is 10.2 Å². The Labute approximate surface area is 110 Å². The van der Waals surface area contributed by atoms with E-state index in [9.17, 15) is 5.11 Å². The molecule has 1 atom stereocenters. The maximum Gasteiger partial charge on any atom is 0.0804 e. The zero-order valence-electron chi connectivity index (χ0n) is 11.7. The predicted octanol–water partition coefficient (Wildman–Crippen LogP) is 2.04. The standard InChI is InChI=1S/C15H25NO2/c1-4-16(9-10-17)8-7-15(18)14-6-5-12(2)11-13(14)3/h5-6,11,15,17-18H,4,7-10H2,1-3H3. The molecule has 0 bridgehead atoms. The fourth-order valence-corrected chi connectivity index (χ4v) is 2.23. The third-order valence-electron chi connectivity index (χ3n) is 3.37. The number of benzene rings is 1. The van der Waals surface area contributed by atoms with Crippen LogP contribution in [0.4, 0.5) is 0 Å². The zero-order chi connectivity index (χ0) is 13.5. The van der Waals surface area contributed by atoms with Crippen molar-refractivity contribution in [3.8, 4) is 0 Å². The van der Waals surface area contributed by atoms with Gasteiger partial charge >= 0.3 is 0 Å². The lowest BCUT2D eigenvalue weighted by molar-refractivity contribution is 0.133. The van der Waals surface area contributed by atoms with Crippen molar-refractivity contribution in [1.29, 1.82) is 0 Å².